The zero-order chi connectivity index (χ0) is 15.2. The highest BCUT2D eigenvalue weighted by Crippen LogP contribution is 2.24. The predicted octanol–water partition coefficient (Wildman–Crippen LogP) is 3.25. The zero-order valence-corrected chi connectivity index (χ0v) is 11.5. The molecule has 4 nitrogen and oxygen atoms in total. The summed E-state index contributed by atoms with van der Waals surface area (Å²) in [5.74, 6) is -0.871. The normalized spacial score (nSPS) is 11.7. The van der Waals surface area contributed by atoms with Gasteiger partial charge >= 0.3 is 5.97 Å². The summed E-state index contributed by atoms with van der Waals surface area (Å²) in [4.78, 5) is 12.1. The number of nitrogens with one attached hydrogen (secondary N) is 1. The maximum atomic E-state index is 13.7. The van der Waals surface area contributed by atoms with Crippen molar-refractivity contribution in [2.45, 2.75) is 13.0 Å². The van der Waals surface area contributed by atoms with Crippen LogP contribution in [0, 0.1) is 5.82 Å². The summed E-state index contributed by atoms with van der Waals surface area (Å²) in [5.41, 5.74) is 0.790. The van der Waals surface area contributed by atoms with Gasteiger partial charge in [-0.05, 0) is 36.8 Å². The second kappa shape index (κ2) is 6.74. The molecule has 0 amide bonds. The number of benzene rings is 2. The first kappa shape index (κ1) is 14.8. The molecule has 0 bridgehead atoms. The van der Waals surface area contributed by atoms with E-state index in [1.807, 2.05) is 0 Å². The van der Waals surface area contributed by atoms with Crippen molar-refractivity contribution < 1.29 is 19.0 Å². The van der Waals surface area contributed by atoms with Crippen LogP contribution >= 0.6 is 0 Å². The maximum Gasteiger partial charge on any atom is 0.333 e. The summed E-state index contributed by atoms with van der Waals surface area (Å²) in [6.45, 7) is 1.93. The van der Waals surface area contributed by atoms with Crippen LogP contribution in [0.2, 0.25) is 0 Å². The number of phenols is 1. The lowest BCUT2D eigenvalue weighted by Crippen LogP contribution is -2.23. The molecule has 2 aromatic rings. The Balaban J connectivity index is 2.30. The molecule has 0 aromatic heterocycles. The minimum absolute atomic E-state index is 0.0900. The van der Waals surface area contributed by atoms with Gasteiger partial charge in [0.2, 0.25) is 0 Å². The standard InChI is InChI=1S/C16H16FNO3/c1-2-21-16(20)15(11-7-9-12(19)10-8-11)18-14-6-4-3-5-13(14)17/h3-10,15,18-19H,2H2,1H3. The number of para-hydroxylation sites is 1. The van der Waals surface area contributed by atoms with Crippen molar-refractivity contribution in [3.8, 4) is 5.75 Å². The number of ether oxygens (including phenoxy) is 1. The average molecular weight is 289 g/mol. The first-order valence-electron chi connectivity index (χ1n) is 6.58. The number of hydrogen-bond acceptors (Lipinski definition) is 4. The van der Waals surface area contributed by atoms with Crippen molar-refractivity contribution in [2.75, 3.05) is 11.9 Å². The Hall–Kier alpha value is -2.56. The molecule has 2 N–H and O–H groups in total. The van der Waals surface area contributed by atoms with Crippen LogP contribution in [-0.4, -0.2) is 17.7 Å². The molecule has 2 rings (SSSR count). The van der Waals surface area contributed by atoms with Gasteiger partial charge in [-0.1, -0.05) is 24.3 Å². The highest BCUT2D eigenvalue weighted by molar-refractivity contribution is 5.81. The third kappa shape index (κ3) is 3.72. The largest absolute Gasteiger partial charge is 0.508 e. The summed E-state index contributed by atoms with van der Waals surface area (Å²) in [6, 6.07) is 11.3. The molecule has 1 atom stereocenters. The van der Waals surface area contributed by atoms with Gasteiger partial charge in [0.25, 0.3) is 0 Å². The number of aromatic hydroxyl groups is 1. The number of hydrogen-bond donors (Lipinski definition) is 2. The SMILES string of the molecule is CCOC(=O)C(Nc1ccccc1F)c1ccc(O)cc1. The Morgan fingerprint density at radius 1 is 1.24 bits per heavy atom. The maximum absolute atomic E-state index is 13.7. The number of carbonyl (C=O) groups excluding carboxylic acids is 1. The monoisotopic (exact) mass is 289 g/mol. The summed E-state index contributed by atoms with van der Waals surface area (Å²) in [7, 11) is 0. The molecule has 0 radical (unpaired) electrons. The fraction of sp³-hybridized carbons (Fsp3) is 0.188. The number of phenolic OH excluding ortho intramolecular Hbond substituents is 1. The van der Waals surface area contributed by atoms with Crippen LogP contribution in [0.25, 0.3) is 0 Å². The summed E-state index contributed by atoms with van der Waals surface area (Å²) in [6.07, 6.45) is 0. The highest BCUT2D eigenvalue weighted by atomic mass is 19.1. The fourth-order valence-electron chi connectivity index (χ4n) is 1.90. The van der Waals surface area contributed by atoms with E-state index < -0.39 is 17.8 Å². The Morgan fingerprint density at radius 2 is 1.90 bits per heavy atom. The molecule has 5 heteroatoms. The van der Waals surface area contributed by atoms with Crippen LogP contribution in [-0.2, 0) is 9.53 Å². The Labute approximate surface area is 122 Å². The molecule has 0 heterocycles. The van der Waals surface area contributed by atoms with E-state index in [0.29, 0.717) is 5.56 Å². The lowest BCUT2D eigenvalue weighted by atomic mass is 10.1. The summed E-state index contributed by atoms with van der Waals surface area (Å²) < 4.78 is 18.7. The van der Waals surface area contributed by atoms with E-state index in [1.54, 1.807) is 37.3 Å². The molecule has 0 fully saturated rings. The third-order valence-electron chi connectivity index (χ3n) is 2.92. The Morgan fingerprint density at radius 3 is 2.52 bits per heavy atom. The van der Waals surface area contributed by atoms with E-state index in [4.69, 9.17) is 4.74 Å². The van der Waals surface area contributed by atoms with Gasteiger partial charge < -0.3 is 15.2 Å². The van der Waals surface area contributed by atoms with Crippen LogP contribution in [0.1, 0.15) is 18.5 Å². The van der Waals surface area contributed by atoms with E-state index in [0.717, 1.165) is 0 Å². The first-order chi connectivity index (χ1) is 10.1. The molecule has 0 aliphatic carbocycles. The van der Waals surface area contributed by atoms with Gasteiger partial charge in [0.1, 0.15) is 11.6 Å². The lowest BCUT2D eigenvalue weighted by molar-refractivity contribution is -0.144. The topological polar surface area (TPSA) is 58.6 Å². The van der Waals surface area contributed by atoms with Crippen molar-refractivity contribution in [3.05, 3.63) is 59.9 Å². The van der Waals surface area contributed by atoms with Gasteiger partial charge in [0.05, 0.1) is 12.3 Å². The second-order valence-electron chi connectivity index (χ2n) is 4.40. The van der Waals surface area contributed by atoms with Crippen LogP contribution in [0.3, 0.4) is 0 Å². The number of halogens is 1. The predicted molar refractivity (Wildman–Crippen MR) is 77.5 cm³/mol. The van der Waals surface area contributed by atoms with Gasteiger partial charge in [-0.25, -0.2) is 9.18 Å². The summed E-state index contributed by atoms with van der Waals surface area (Å²) >= 11 is 0. The average Bonchev–Trinajstić information content (AvgIpc) is 2.48. The lowest BCUT2D eigenvalue weighted by Gasteiger charge is -2.19. The first-order valence-corrected chi connectivity index (χ1v) is 6.58. The zero-order valence-electron chi connectivity index (χ0n) is 11.5. The van der Waals surface area contributed by atoms with E-state index in [1.165, 1.54) is 18.2 Å². The number of rotatable bonds is 5. The van der Waals surface area contributed by atoms with Crippen molar-refractivity contribution >= 4 is 11.7 Å². The van der Waals surface area contributed by atoms with Crippen molar-refractivity contribution in [3.63, 3.8) is 0 Å². The molecule has 0 aliphatic rings. The molecule has 0 saturated carbocycles. The highest BCUT2D eigenvalue weighted by Gasteiger charge is 2.22. The molecule has 110 valence electrons. The van der Waals surface area contributed by atoms with Gasteiger partial charge in [-0.2, -0.15) is 0 Å². The van der Waals surface area contributed by atoms with Gasteiger partial charge in [0.15, 0.2) is 6.04 Å². The van der Waals surface area contributed by atoms with Crippen molar-refractivity contribution in [1.82, 2.24) is 0 Å². The van der Waals surface area contributed by atoms with E-state index >= 15 is 0 Å². The van der Waals surface area contributed by atoms with E-state index in [9.17, 15) is 14.3 Å². The third-order valence-corrected chi connectivity index (χ3v) is 2.92. The molecule has 0 saturated heterocycles. The molecule has 0 spiro atoms. The second-order valence-corrected chi connectivity index (χ2v) is 4.40. The molecular formula is C16H16FNO3. The smallest absolute Gasteiger partial charge is 0.333 e. The van der Waals surface area contributed by atoms with Crippen LogP contribution in [0.5, 0.6) is 5.75 Å². The van der Waals surface area contributed by atoms with Crippen LogP contribution < -0.4 is 5.32 Å². The number of anilines is 1. The van der Waals surface area contributed by atoms with Crippen LogP contribution in [0.4, 0.5) is 10.1 Å². The molecule has 2 aromatic carbocycles. The summed E-state index contributed by atoms with van der Waals surface area (Å²) in [5, 5.41) is 12.2. The Bertz CT molecular complexity index is 613. The number of carbonyl (C=O) groups is 1. The van der Waals surface area contributed by atoms with Crippen LogP contribution in [0.15, 0.2) is 48.5 Å². The van der Waals surface area contributed by atoms with Gasteiger partial charge in [0, 0.05) is 0 Å². The van der Waals surface area contributed by atoms with E-state index in [-0.39, 0.29) is 18.0 Å². The molecule has 1 unspecified atom stereocenters. The number of esters is 1. The molecular weight excluding hydrogens is 273 g/mol. The van der Waals surface area contributed by atoms with Gasteiger partial charge in [-0.3, -0.25) is 0 Å². The van der Waals surface area contributed by atoms with Crippen molar-refractivity contribution in [2.24, 2.45) is 0 Å². The quantitative estimate of drug-likeness (QED) is 0.830. The minimum Gasteiger partial charge on any atom is -0.508 e. The van der Waals surface area contributed by atoms with Crippen molar-refractivity contribution in [1.29, 1.82) is 0 Å². The van der Waals surface area contributed by atoms with E-state index in [2.05, 4.69) is 5.32 Å². The fourth-order valence-corrected chi connectivity index (χ4v) is 1.90. The molecule has 21 heavy (non-hydrogen) atoms. The molecule has 0 aliphatic heterocycles. The minimum atomic E-state index is -0.845. The van der Waals surface area contributed by atoms with Gasteiger partial charge in [-0.15, -0.1) is 0 Å². The Kier molecular flexibility index (Phi) is 4.77.